The monoisotopic (exact) mass is 370 g/mol. The molecule has 0 aliphatic carbocycles. The first kappa shape index (κ1) is 17.8. The minimum absolute atomic E-state index is 0.167. The van der Waals surface area contributed by atoms with Crippen molar-refractivity contribution < 1.29 is 4.79 Å². The fraction of sp³-hybridized carbons (Fsp3) is 0.267. The minimum atomic E-state index is -0.167. The molecule has 8 heteroatoms. The number of hydrogen-bond acceptors (Lipinski definition) is 4. The number of carbonyl (C=O) groups is 1. The summed E-state index contributed by atoms with van der Waals surface area (Å²) in [5.41, 5.74) is 0.565. The SMILES string of the molecule is C=CCn1c(CC)nnc1SCC(=O)Nc1cc(Cl)cc(Cl)c1. The second kappa shape index (κ2) is 8.38. The Hall–Kier alpha value is -1.50. The maximum absolute atomic E-state index is 12.1. The van der Waals surface area contributed by atoms with E-state index in [4.69, 9.17) is 23.2 Å². The number of benzene rings is 1. The third kappa shape index (κ3) is 4.99. The van der Waals surface area contributed by atoms with Crippen LogP contribution in [0.25, 0.3) is 0 Å². The molecule has 0 aliphatic rings. The summed E-state index contributed by atoms with van der Waals surface area (Å²) in [7, 11) is 0. The molecule has 0 bridgehead atoms. The molecule has 5 nitrogen and oxygen atoms in total. The standard InChI is InChI=1S/C15H16Cl2N4OS/c1-3-5-21-13(4-2)19-20-15(21)23-9-14(22)18-12-7-10(16)6-11(17)8-12/h3,6-8H,1,4-5,9H2,2H3,(H,18,22). The molecule has 122 valence electrons. The van der Waals surface area contributed by atoms with E-state index in [9.17, 15) is 4.79 Å². The van der Waals surface area contributed by atoms with Crippen LogP contribution in [0.5, 0.6) is 0 Å². The first-order chi connectivity index (χ1) is 11.0. The lowest BCUT2D eigenvalue weighted by molar-refractivity contribution is -0.113. The van der Waals surface area contributed by atoms with Crippen molar-refractivity contribution in [2.75, 3.05) is 11.1 Å². The second-order valence-corrected chi connectivity index (χ2v) is 6.46. The molecule has 0 spiro atoms. The molecule has 23 heavy (non-hydrogen) atoms. The van der Waals surface area contributed by atoms with Crippen LogP contribution < -0.4 is 5.32 Å². The van der Waals surface area contributed by atoms with Crippen molar-refractivity contribution >= 4 is 46.6 Å². The quantitative estimate of drug-likeness (QED) is 0.589. The zero-order valence-electron chi connectivity index (χ0n) is 12.6. The number of carbonyl (C=O) groups excluding carboxylic acids is 1. The highest BCUT2D eigenvalue weighted by Crippen LogP contribution is 2.23. The van der Waals surface area contributed by atoms with Gasteiger partial charge in [0.25, 0.3) is 0 Å². The van der Waals surface area contributed by atoms with Gasteiger partial charge in [-0.3, -0.25) is 4.79 Å². The highest BCUT2D eigenvalue weighted by molar-refractivity contribution is 7.99. The summed E-state index contributed by atoms with van der Waals surface area (Å²) in [4.78, 5) is 12.1. The Morgan fingerprint density at radius 1 is 1.35 bits per heavy atom. The molecule has 1 heterocycles. The van der Waals surface area contributed by atoms with Crippen LogP contribution in [0.15, 0.2) is 36.0 Å². The van der Waals surface area contributed by atoms with Crippen LogP contribution in [0.1, 0.15) is 12.7 Å². The molecule has 0 radical (unpaired) electrons. The summed E-state index contributed by atoms with van der Waals surface area (Å²) in [5.74, 6) is 0.914. The number of anilines is 1. The fourth-order valence-corrected chi connectivity index (χ4v) is 3.25. The Labute approximate surface area is 149 Å². The summed E-state index contributed by atoms with van der Waals surface area (Å²) in [5, 5.41) is 12.6. The van der Waals surface area contributed by atoms with Crippen molar-refractivity contribution in [3.05, 3.63) is 46.7 Å². The lowest BCUT2D eigenvalue weighted by Gasteiger charge is -2.08. The number of aromatic nitrogens is 3. The first-order valence-corrected chi connectivity index (χ1v) is 8.69. The number of rotatable bonds is 7. The summed E-state index contributed by atoms with van der Waals surface area (Å²) in [6, 6.07) is 4.90. The van der Waals surface area contributed by atoms with Crippen LogP contribution in [0.2, 0.25) is 10.0 Å². The predicted octanol–water partition coefficient (Wildman–Crippen LogP) is 4.06. The lowest BCUT2D eigenvalue weighted by atomic mass is 10.3. The number of amides is 1. The van der Waals surface area contributed by atoms with Crippen molar-refractivity contribution in [3.8, 4) is 0 Å². The first-order valence-electron chi connectivity index (χ1n) is 6.95. The van der Waals surface area contributed by atoms with Crippen molar-refractivity contribution in [1.82, 2.24) is 14.8 Å². The van der Waals surface area contributed by atoms with Crippen molar-refractivity contribution in [2.45, 2.75) is 25.0 Å². The average Bonchev–Trinajstić information content (AvgIpc) is 2.86. The molecule has 2 aromatic rings. The van der Waals surface area contributed by atoms with E-state index in [2.05, 4.69) is 22.1 Å². The normalized spacial score (nSPS) is 10.6. The number of nitrogens with one attached hydrogen (secondary N) is 1. The molecule has 0 saturated heterocycles. The van der Waals surface area contributed by atoms with Gasteiger partial charge in [-0.15, -0.1) is 16.8 Å². The van der Waals surface area contributed by atoms with Gasteiger partial charge in [-0.1, -0.05) is 48.0 Å². The van der Waals surface area contributed by atoms with Gasteiger partial charge in [-0.25, -0.2) is 0 Å². The molecule has 1 amide bonds. The number of allylic oxidation sites excluding steroid dienone is 1. The third-order valence-electron chi connectivity index (χ3n) is 2.90. The molecule has 1 N–H and O–H groups in total. The van der Waals surface area contributed by atoms with Crippen LogP contribution in [0, 0.1) is 0 Å². The van der Waals surface area contributed by atoms with E-state index in [-0.39, 0.29) is 11.7 Å². The Morgan fingerprint density at radius 2 is 2.04 bits per heavy atom. The van der Waals surface area contributed by atoms with Gasteiger partial charge in [0, 0.05) is 28.7 Å². The van der Waals surface area contributed by atoms with Crippen LogP contribution in [0.4, 0.5) is 5.69 Å². The number of thioether (sulfide) groups is 1. The number of nitrogens with zero attached hydrogens (tertiary/aromatic N) is 3. The van der Waals surface area contributed by atoms with E-state index >= 15 is 0 Å². The van der Waals surface area contributed by atoms with Crippen molar-refractivity contribution in [3.63, 3.8) is 0 Å². The van der Waals surface area contributed by atoms with E-state index in [1.165, 1.54) is 11.8 Å². The molecule has 2 rings (SSSR count). The van der Waals surface area contributed by atoms with Crippen molar-refractivity contribution in [1.29, 1.82) is 0 Å². The second-order valence-electron chi connectivity index (χ2n) is 4.65. The summed E-state index contributed by atoms with van der Waals surface area (Å²) < 4.78 is 1.95. The molecular weight excluding hydrogens is 355 g/mol. The summed E-state index contributed by atoms with van der Waals surface area (Å²) in [6.45, 7) is 6.35. The Morgan fingerprint density at radius 3 is 2.65 bits per heavy atom. The molecule has 1 aromatic carbocycles. The van der Waals surface area contributed by atoms with Crippen molar-refractivity contribution in [2.24, 2.45) is 0 Å². The maximum Gasteiger partial charge on any atom is 0.234 e. The largest absolute Gasteiger partial charge is 0.325 e. The molecule has 1 aromatic heterocycles. The van der Waals surface area contributed by atoms with Crippen LogP contribution in [-0.2, 0) is 17.8 Å². The van der Waals surface area contributed by atoms with Gasteiger partial charge in [-0.2, -0.15) is 0 Å². The average molecular weight is 371 g/mol. The van der Waals surface area contributed by atoms with Gasteiger partial charge in [0.2, 0.25) is 5.91 Å². The Kier molecular flexibility index (Phi) is 6.50. The van der Waals surface area contributed by atoms with Crippen LogP contribution in [-0.4, -0.2) is 26.4 Å². The third-order valence-corrected chi connectivity index (χ3v) is 4.30. The van der Waals surface area contributed by atoms with Gasteiger partial charge >= 0.3 is 0 Å². The molecule has 0 atom stereocenters. The zero-order chi connectivity index (χ0) is 16.8. The Balaban J connectivity index is 1.99. The van der Waals surface area contributed by atoms with E-state index in [0.29, 0.717) is 27.4 Å². The van der Waals surface area contributed by atoms with Crippen LogP contribution >= 0.6 is 35.0 Å². The topological polar surface area (TPSA) is 59.8 Å². The van der Waals surface area contributed by atoms with Crippen LogP contribution in [0.3, 0.4) is 0 Å². The van der Waals surface area contributed by atoms with Gasteiger partial charge in [0.15, 0.2) is 5.16 Å². The minimum Gasteiger partial charge on any atom is -0.325 e. The molecule has 0 fully saturated rings. The van der Waals surface area contributed by atoms with E-state index < -0.39 is 0 Å². The predicted molar refractivity (Wildman–Crippen MR) is 95.4 cm³/mol. The van der Waals surface area contributed by atoms with Gasteiger partial charge in [0.05, 0.1) is 5.75 Å². The van der Waals surface area contributed by atoms with Gasteiger partial charge in [-0.05, 0) is 18.2 Å². The highest BCUT2D eigenvalue weighted by Gasteiger charge is 2.12. The molecule has 0 unspecified atom stereocenters. The lowest BCUT2D eigenvalue weighted by Crippen LogP contribution is -2.14. The molecular formula is C15H16Cl2N4OS. The van der Waals surface area contributed by atoms with Gasteiger partial charge in [0.1, 0.15) is 5.82 Å². The molecule has 0 saturated carbocycles. The Bertz CT molecular complexity index is 697. The smallest absolute Gasteiger partial charge is 0.234 e. The van der Waals surface area contributed by atoms with E-state index in [1.807, 2.05) is 11.5 Å². The maximum atomic E-state index is 12.1. The number of aryl methyl sites for hydroxylation is 1. The summed E-state index contributed by atoms with van der Waals surface area (Å²) >= 11 is 13.1. The highest BCUT2D eigenvalue weighted by atomic mass is 35.5. The molecule has 0 aliphatic heterocycles. The van der Waals surface area contributed by atoms with E-state index in [0.717, 1.165) is 12.2 Å². The van der Waals surface area contributed by atoms with Gasteiger partial charge < -0.3 is 9.88 Å². The van der Waals surface area contributed by atoms with E-state index in [1.54, 1.807) is 24.3 Å². The fourth-order valence-electron chi connectivity index (χ4n) is 1.95. The summed E-state index contributed by atoms with van der Waals surface area (Å²) in [6.07, 6.45) is 2.55. The number of hydrogen-bond donors (Lipinski definition) is 1. The zero-order valence-corrected chi connectivity index (χ0v) is 14.9. The number of halogens is 2.